The molecular weight excluding hydrogens is 276 g/mol. The first-order valence-corrected chi connectivity index (χ1v) is 6.91. The summed E-state index contributed by atoms with van der Waals surface area (Å²) < 4.78 is 7.20. The standard InChI is InChI=1S/C15H17ClN2O2/c1-3-18-14(15(16)11(2)17-18)9-12(19)10-20-13-7-5-4-6-8-13/h4-8H,3,9-10H2,1-2H3. The highest BCUT2D eigenvalue weighted by Gasteiger charge is 2.16. The number of carbonyl (C=O) groups is 1. The van der Waals surface area contributed by atoms with Crippen molar-refractivity contribution < 1.29 is 9.53 Å². The van der Waals surface area contributed by atoms with Gasteiger partial charge in [0, 0.05) is 6.54 Å². The molecule has 5 heteroatoms. The first-order valence-electron chi connectivity index (χ1n) is 6.53. The van der Waals surface area contributed by atoms with Gasteiger partial charge < -0.3 is 4.74 Å². The second-order valence-electron chi connectivity index (χ2n) is 4.48. The summed E-state index contributed by atoms with van der Waals surface area (Å²) in [5.41, 5.74) is 1.51. The molecule has 0 atom stereocenters. The minimum absolute atomic E-state index is 0.0228. The molecule has 0 aliphatic carbocycles. The first kappa shape index (κ1) is 14.6. The van der Waals surface area contributed by atoms with Crippen LogP contribution in [0.25, 0.3) is 0 Å². The maximum Gasteiger partial charge on any atom is 0.176 e. The van der Waals surface area contributed by atoms with E-state index in [-0.39, 0.29) is 18.8 Å². The lowest BCUT2D eigenvalue weighted by Gasteiger charge is -2.07. The Kier molecular flexibility index (Phi) is 4.79. The third kappa shape index (κ3) is 3.39. The summed E-state index contributed by atoms with van der Waals surface area (Å²) in [6.45, 7) is 4.53. The van der Waals surface area contributed by atoms with Crippen LogP contribution in [0.15, 0.2) is 30.3 Å². The fraction of sp³-hybridized carbons (Fsp3) is 0.333. The molecule has 1 heterocycles. The summed E-state index contributed by atoms with van der Waals surface area (Å²) in [6, 6.07) is 9.27. The fourth-order valence-electron chi connectivity index (χ4n) is 1.96. The SMILES string of the molecule is CCn1nc(C)c(Cl)c1CC(=O)COc1ccccc1. The fourth-order valence-corrected chi connectivity index (χ4v) is 2.16. The first-order chi connectivity index (χ1) is 9.61. The van der Waals surface area contributed by atoms with Gasteiger partial charge >= 0.3 is 0 Å². The molecular formula is C15H17ClN2O2. The molecule has 20 heavy (non-hydrogen) atoms. The molecule has 106 valence electrons. The number of nitrogens with zero attached hydrogens (tertiary/aromatic N) is 2. The maximum absolute atomic E-state index is 12.0. The zero-order valence-electron chi connectivity index (χ0n) is 11.6. The van der Waals surface area contributed by atoms with Crippen LogP contribution < -0.4 is 4.74 Å². The van der Waals surface area contributed by atoms with Gasteiger partial charge in [-0.25, -0.2) is 0 Å². The van der Waals surface area contributed by atoms with E-state index in [4.69, 9.17) is 16.3 Å². The highest BCUT2D eigenvalue weighted by Crippen LogP contribution is 2.21. The molecule has 2 aromatic rings. The topological polar surface area (TPSA) is 44.1 Å². The Morgan fingerprint density at radius 3 is 2.70 bits per heavy atom. The molecule has 0 saturated carbocycles. The Bertz CT molecular complexity index is 593. The van der Waals surface area contributed by atoms with Crippen LogP contribution in [-0.2, 0) is 17.8 Å². The number of carbonyl (C=O) groups excluding carboxylic acids is 1. The van der Waals surface area contributed by atoms with Gasteiger partial charge in [-0.15, -0.1) is 0 Å². The number of rotatable bonds is 6. The van der Waals surface area contributed by atoms with Crippen LogP contribution in [0, 0.1) is 6.92 Å². The molecule has 4 nitrogen and oxygen atoms in total. The highest BCUT2D eigenvalue weighted by molar-refractivity contribution is 6.32. The molecule has 0 radical (unpaired) electrons. The number of aromatic nitrogens is 2. The minimum Gasteiger partial charge on any atom is -0.486 e. The van der Waals surface area contributed by atoms with Crippen molar-refractivity contribution in [2.75, 3.05) is 6.61 Å². The summed E-state index contributed by atoms with van der Waals surface area (Å²) in [7, 11) is 0. The largest absolute Gasteiger partial charge is 0.486 e. The normalized spacial score (nSPS) is 10.6. The number of Topliss-reactive ketones (excluding diaryl/α,β-unsaturated/α-hetero) is 1. The Labute approximate surface area is 123 Å². The van der Waals surface area contributed by atoms with Gasteiger partial charge in [-0.3, -0.25) is 9.48 Å². The monoisotopic (exact) mass is 292 g/mol. The van der Waals surface area contributed by atoms with E-state index < -0.39 is 0 Å². The van der Waals surface area contributed by atoms with Gasteiger partial charge in [0.1, 0.15) is 12.4 Å². The van der Waals surface area contributed by atoms with Crippen molar-refractivity contribution in [1.29, 1.82) is 0 Å². The third-order valence-electron chi connectivity index (χ3n) is 2.96. The van der Waals surface area contributed by atoms with E-state index in [1.54, 1.807) is 4.68 Å². The number of halogens is 1. The van der Waals surface area contributed by atoms with Crippen molar-refractivity contribution in [3.8, 4) is 5.75 Å². The van der Waals surface area contributed by atoms with Gasteiger partial charge in [-0.2, -0.15) is 5.10 Å². The van der Waals surface area contributed by atoms with E-state index in [2.05, 4.69) is 5.10 Å². The zero-order valence-corrected chi connectivity index (χ0v) is 12.4. The molecule has 0 N–H and O–H groups in total. The van der Waals surface area contributed by atoms with Gasteiger partial charge in [0.25, 0.3) is 0 Å². The van der Waals surface area contributed by atoms with Crippen molar-refractivity contribution in [2.24, 2.45) is 0 Å². The van der Waals surface area contributed by atoms with Gasteiger partial charge in [-0.05, 0) is 26.0 Å². The summed E-state index contributed by atoms with van der Waals surface area (Å²) in [5, 5.41) is 4.86. The number of ketones is 1. The van der Waals surface area contributed by atoms with Crippen molar-refractivity contribution >= 4 is 17.4 Å². The summed E-state index contributed by atoms with van der Waals surface area (Å²) in [4.78, 5) is 12.0. The van der Waals surface area contributed by atoms with E-state index in [1.807, 2.05) is 44.2 Å². The number of para-hydroxylation sites is 1. The number of aryl methyl sites for hydroxylation is 2. The molecule has 0 aliphatic heterocycles. The number of benzene rings is 1. The molecule has 0 fully saturated rings. The van der Waals surface area contributed by atoms with E-state index in [0.29, 0.717) is 17.3 Å². The Morgan fingerprint density at radius 1 is 1.35 bits per heavy atom. The Morgan fingerprint density at radius 2 is 2.05 bits per heavy atom. The van der Waals surface area contributed by atoms with Gasteiger partial charge in [0.15, 0.2) is 5.78 Å². The van der Waals surface area contributed by atoms with Crippen LogP contribution in [0.5, 0.6) is 5.75 Å². The van der Waals surface area contributed by atoms with Crippen molar-refractivity contribution in [3.63, 3.8) is 0 Å². The van der Waals surface area contributed by atoms with Crippen LogP contribution in [-0.4, -0.2) is 22.2 Å². The minimum atomic E-state index is -0.0228. The maximum atomic E-state index is 12.0. The molecule has 2 rings (SSSR count). The van der Waals surface area contributed by atoms with Crippen molar-refractivity contribution in [2.45, 2.75) is 26.8 Å². The van der Waals surface area contributed by atoms with E-state index in [9.17, 15) is 4.79 Å². The van der Waals surface area contributed by atoms with Crippen molar-refractivity contribution in [3.05, 3.63) is 46.7 Å². The third-order valence-corrected chi connectivity index (χ3v) is 3.45. The smallest absolute Gasteiger partial charge is 0.176 e. The molecule has 0 unspecified atom stereocenters. The predicted molar refractivity (Wildman–Crippen MR) is 78.3 cm³/mol. The summed E-state index contributed by atoms with van der Waals surface area (Å²) in [6.07, 6.45) is 0.236. The average molecular weight is 293 g/mol. The van der Waals surface area contributed by atoms with E-state index >= 15 is 0 Å². The summed E-state index contributed by atoms with van der Waals surface area (Å²) >= 11 is 6.18. The molecule has 0 bridgehead atoms. The molecule has 1 aromatic heterocycles. The van der Waals surface area contributed by atoms with Crippen LogP contribution >= 0.6 is 11.6 Å². The van der Waals surface area contributed by atoms with E-state index in [1.165, 1.54) is 0 Å². The Hall–Kier alpha value is -1.81. The average Bonchev–Trinajstić information content (AvgIpc) is 2.74. The lowest BCUT2D eigenvalue weighted by atomic mass is 10.2. The zero-order chi connectivity index (χ0) is 14.5. The Balaban J connectivity index is 1.98. The number of hydrogen-bond donors (Lipinski definition) is 0. The predicted octanol–water partition coefficient (Wildman–Crippen LogP) is 3.06. The lowest BCUT2D eigenvalue weighted by Crippen LogP contribution is -2.16. The molecule has 0 aliphatic rings. The van der Waals surface area contributed by atoms with Gasteiger partial charge in [-0.1, -0.05) is 29.8 Å². The molecule has 0 amide bonds. The second kappa shape index (κ2) is 6.57. The van der Waals surface area contributed by atoms with E-state index in [0.717, 1.165) is 11.4 Å². The van der Waals surface area contributed by atoms with Crippen molar-refractivity contribution in [1.82, 2.24) is 9.78 Å². The molecule has 0 spiro atoms. The molecule has 1 aromatic carbocycles. The van der Waals surface area contributed by atoms with Crippen LogP contribution in [0.3, 0.4) is 0 Å². The quantitative estimate of drug-likeness (QED) is 0.822. The van der Waals surface area contributed by atoms with Gasteiger partial charge in [0.2, 0.25) is 0 Å². The molecule has 0 saturated heterocycles. The number of hydrogen-bond acceptors (Lipinski definition) is 3. The van der Waals surface area contributed by atoms with Crippen LogP contribution in [0.4, 0.5) is 0 Å². The highest BCUT2D eigenvalue weighted by atomic mass is 35.5. The van der Waals surface area contributed by atoms with Crippen LogP contribution in [0.1, 0.15) is 18.3 Å². The van der Waals surface area contributed by atoms with Crippen LogP contribution in [0.2, 0.25) is 5.02 Å². The van der Waals surface area contributed by atoms with Gasteiger partial charge in [0.05, 0.1) is 22.8 Å². The number of ether oxygens (including phenoxy) is 1. The lowest BCUT2D eigenvalue weighted by molar-refractivity contribution is -0.120. The summed E-state index contributed by atoms with van der Waals surface area (Å²) in [5.74, 6) is 0.664. The second-order valence-corrected chi connectivity index (χ2v) is 4.86.